The average Bonchev–Trinajstić information content (AvgIpc) is 2.54. The molecule has 1 amide bonds. The molecular formula is C18H21NO4. The number of hydrogen-bond acceptors (Lipinski definition) is 4. The molecule has 0 aliphatic rings. The monoisotopic (exact) mass is 315 g/mol. The summed E-state index contributed by atoms with van der Waals surface area (Å²) in [5, 5.41) is 2.80. The van der Waals surface area contributed by atoms with Gasteiger partial charge in [-0.1, -0.05) is 12.1 Å². The summed E-state index contributed by atoms with van der Waals surface area (Å²) < 4.78 is 16.0. The molecule has 5 nitrogen and oxygen atoms in total. The van der Waals surface area contributed by atoms with Crippen molar-refractivity contribution in [3.63, 3.8) is 0 Å². The molecule has 0 radical (unpaired) electrons. The highest BCUT2D eigenvalue weighted by Gasteiger charge is 2.16. The molecule has 0 saturated carbocycles. The van der Waals surface area contributed by atoms with Gasteiger partial charge < -0.3 is 19.5 Å². The van der Waals surface area contributed by atoms with Crippen LogP contribution in [0.4, 0.5) is 5.69 Å². The van der Waals surface area contributed by atoms with Gasteiger partial charge in [0.15, 0.2) is 6.10 Å². The number of aryl methyl sites for hydroxylation is 1. The van der Waals surface area contributed by atoms with Gasteiger partial charge in [0.1, 0.15) is 17.2 Å². The molecule has 2 aromatic carbocycles. The Morgan fingerprint density at radius 2 is 1.65 bits per heavy atom. The lowest BCUT2D eigenvalue weighted by Gasteiger charge is -2.16. The summed E-state index contributed by atoms with van der Waals surface area (Å²) in [7, 11) is 3.12. The van der Waals surface area contributed by atoms with Crippen LogP contribution in [-0.2, 0) is 4.79 Å². The van der Waals surface area contributed by atoms with E-state index >= 15 is 0 Å². The maximum atomic E-state index is 12.3. The first kappa shape index (κ1) is 16.7. The molecule has 0 aliphatic heterocycles. The standard InChI is InChI=1S/C18H21NO4/c1-12-6-5-7-15(8-12)23-13(2)18(20)19-14-9-16(21-3)11-17(10-14)22-4/h5-11,13H,1-4H3,(H,19,20)/t13-/m1/s1. The maximum absolute atomic E-state index is 12.3. The smallest absolute Gasteiger partial charge is 0.265 e. The quantitative estimate of drug-likeness (QED) is 0.887. The van der Waals surface area contributed by atoms with Gasteiger partial charge in [-0.2, -0.15) is 0 Å². The van der Waals surface area contributed by atoms with Crippen LogP contribution in [-0.4, -0.2) is 26.2 Å². The average molecular weight is 315 g/mol. The van der Waals surface area contributed by atoms with Crippen molar-refractivity contribution in [1.29, 1.82) is 0 Å². The number of methoxy groups -OCH3 is 2. The van der Waals surface area contributed by atoms with Crippen LogP contribution in [0.5, 0.6) is 17.2 Å². The number of amides is 1. The number of rotatable bonds is 6. The van der Waals surface area contributed by atoms with Gasteiger partial charge >= 0.3 is 0 Å². The van der Waals surface area contributed by atoms with E-state index in [1.165, 1.54) is 0 Å². The van der Waals surface area contributed by atoms with Gasteiger partial charge in [0.2, 0.25) is 0 Å². The van der Waals surface area contributed by atoms with Gasteiger partial charge in [0, 0.05) is 23.9 Å². The molecule has 2 aromatic rings. The van der Waals surface area contributed by atoms with E-state index < -0.39 is 6.10 Å². The Balaban J connectivity index is 2.06. The number of nitrogens with one attached hydrogen (secondary N) is 1. The second kappa shape index (κ2) is 7.54. The molecule has 0 aromatic heterocycles. The molecule has 0 unspecified atom stereocenters. The van der Waals surface area contributed by atoms with Gasteiger partial charge in [0.05, 0.1) is 14.2 Å². The highest BCUT2D eigenvalue weighted by atomic mass is 16.5. The zero-order valence-corrected chi connectivity index (χ0v) is 13.8. The van der Waals surface area contributed by atoms with E-state index in [2.05, 4.69) is 5.32 Å². The molecule has 23 heavy (non-hydrogen) atoms. The first-order chi connectivity index (χ1) is 11.0. The van der Waals surface area contributed by atoms with E-state index in [1.54, 1.807) is 39.3 Å². The van der Waals surface area contributed by atoms with E-state index in [9.17, 15) is 4.79 Å². The fourth-order valence-electron chi connectivity index (χ4n) is 2.07. The molecule has 122 valence electrons. The van der Waals surface area contributed by atoms with Crippen molar-refractivity contribution in [1.82, 2.24) is 0 Å². The van der Waals surface area contributed by atoms with Crippen LogP contribution in [0.25, 0.3) is 0 Å². The molecule has 1 atom stereocenters. The Kier molecular flexibility index (Phi) is 5.46. The van der Waals surface area contributed by atoms with Gasteiger partial charge in [-0.25, -0.2) is 0 Å². The summed E-state index contributed by atoms with van der Waals surface area (Å²) in [6.07, 6.45) is -0.631. The Morgan fingerprint density at radius 1 is 1.00 bits per heavy atom. The van der Waals surface area contributed by atoms with Gasteiger partial charge in [0.25, 0.3) is 5.91 Å². The maximum Gasteiger partial charge on any atom is 0.265 e. The summed E-state index contributed by atoms with van der Waals surface area (Å²) >= 11 is 0. The third kappa shape index (κ3) is 4.64. The zero-order chi connectivity index (χ0) is 16.8. The lowest BCUT2D eigenvalue weighted by molar-refractivity contribution is -0.122. The zero-order valence-electron chi connectivity index (χ0n) is 13.8. The molecule has 0 saturated heterocycles. The van der Waals surface area contributed by atoms with Crippen LogP contribution in [0.1, 0.15) is 12.5 Å². The highest BCUT2D eigenvalue weighted by Crippen LogP contribution is 2.26. The largest absolute Gasteiger partial charge is 0.497 e. The van der Waals surface area contributed by atoms with E-state index in [0.29, 0.717) is 22.9 Å². The Bertz CT molecular complexity index is 662. The first-order valence-corrected chi connectivity index (χ1v) is 7.29. The lowest BCUT2D eigenvalue weighted by atomic mass is 10.2. The minimum Gasteiger partial charge on any atom is -0.497 e. The van der Waals surface area contributed by atoms with Crippen LogP contribution in [0.2, 0.25) is 0 Å². The predicted molar refractivity (Wildman–Crippen MR) is 89.4 cm³/mol. The molecule has 1 N–H and O–H groups in total. The number of carbonyl (C=O) groups is 1. The molecule has 0 heterocycles. The van der Waals surface area contributed by atoms with E-state index in [-0.39, 0.29) is 5.91 Å². The Hall–Kier alpha value is -2.69. The fourth-order valence-corrected chi connectivity index (χ4v) is 2.07. The van der Waals surface area contributed by atoms with Gasteiger partial charge in [-0.3, -0.25) is 4.79 Å². The van der Waals surface area contributed by atoms with Crippen LogP contribution >= 0.6 is 0 Å². The summed E-state index contributed by atoms with van der Waals surface area (Å²) in [4.78, 5) is 12.3. The van der Waals surface area contributed by atoms with E-state index in [4.69, 9.17) is 14.2 Å². The van der Waals surface area contributed by atoms with Gasteiger partial charge in [-0.15, -0.1) is 0 Å². The first-order valence-electron chi connectivity index (χ1n) is 7.29. The van der Waals surface area contributed by atoms with Crippen molar-refractivity contribution in [3.05, 3.63) is 48.0 Å². The lowest BCUT2D eigenvalue weighted by Crippen LogP contribution is -2.30. The molecule has 0 aliphatic carbocycles. The van der Waals surface area contributed by atoms with Gasteiger partial charge in [-0.05, 0) is 31.5 Å². The third-order valence-corrected chi connectivity index (χ3v) is 3.29. The second-order valence-corrected chi connectivity index (χ2v) is 5.17. The van der Waals surface area contributed by atoms with Crippen molar-refractivity contribution < 1.29 is 19.0 Å². The number of hydrogen-bond donors (Lipinski definition) is 1. The molecule has 2 rings (SSSR count). The Morgan fingerprint density at radius 3 is 2.22 bits per heavy atom. The fraction of sp³-hybridized carbons (Fsp3) is 0.278. The van der Waals surface area contributed by atoms with Crippen molar-refractivity contribution in [2.24, 2.45) is 0 Å². The highest BCUT2D eigenvalue weighted by molar-refractivity contribution is 5.94. The molecule has 0 spiro atoms. The normalized spacial score (nSPS) is 11.5. The van der Waals surface area contributed by atoms with E-state index in [1.807, 2.05) is 31.2 Å². The molecule has 0 bridgehead atoms. The Labute approximate surface area is 136 Å². The summed E-state index contributed by atoms with van der Waals surface area (Å²) in [6, 6.07) is 12.8. The van der Waals surface area contributed by atoms with Crippen LogP contribution < -0.4 is 19.5 Å². The topological polar surface area (TPSA) is 56.8 Å². The van der Waals surface area contributed by atoms with Crippen LogP contribution in [0.3, 0.4) is 0 Å². The molecule has 0 fully saturated rings. The number of ether oxygens (including phenoxy) is 3. The summed E-state index contributed by atoms with van der Waals surface area (Å²) in [5.74, 6) is 1.62. The molecular weight excluding hydrogens is 294 g/mol. The summed E-state index contributed by atoms with van der Waals surface area (Å²) in [5.41, 5.74) is 1.67. The SMILES string of the molecule is COc1cc(NC(=O)[C@@H](C)Oc2cccc(C)c2)cc(OC)c1. The summed E-state index contributed by atoms with van der Waals surface area (Å²) in [6.45, 7) is 3.68. The van der Waals surface area contributed by atoms with Crippen molar-refractivity contribution >= 4 is 11.6 Å². The van der Waals surface area contributed by atoms with Crippen LogP contribution in [0.15, 0.2) is 42.5 Å². The number of carbonyl (C=O) groups excluding carboxylic acids is 1. The van der Waals surface area contributed by atoms with E-state index in [0.717, 1.165) is 5.56 Å². The van der Waals surface area contributed by atoms with Crippen molar-refractivity contribution in [3.8, 4) is 17.2 Å². The minimum absolute atomic E-state index is 0.248. The number of anilines is 1. The second-order valence-electron chi connectivity index (χ2n) is 5.17. The molecule has 5 heteroatoms. The number of benzene rings is 2. The predicted octanol–water partition coefficient (Wildman–Crippen LogP) is 3.42. The van der Waals surface area contributed by atoms with Crippen molar-refractivity contribution in [2.75, 3.05) is 19.5 Å². The third-order valence-electron chi connectivity index (χ3n) is 3.29. The van der Waals surface area contributed by atoms with Crippen molar-refractivity contribution in [2.45, 2.75) is 20.0 Å². The van der Waals surface area contributed by atoms with Crippen LogP contribution in [0, 0.1) is 6.92 Å². The minimum atomic E-state index is -0.631.